The molecule has 0 atom stereocenters. The van der Waals surface area contributed by atoms with Gasteiger partial charge in [-0.25, -0.2) is 4.79 Å². The predicted molar refractivity (Wildman–Crippen MR) is 72.5 cm³/mol. The fraction of sp³-hybridized carbons (Fsp3) is 0.400. The molecule has 0 aliphatic heterocycles. The van der Waals surface area contributed by atoms with Gasteiger partial charge < -0.3 is 9.47 Å². The van der Waals surface area contributed by atoms with Crippen molar-refractivity contribution in [2.45, 2.75) is 19.8 Å². The molecule has 0 spiro atoms. The van der Waals surface area contributed by atoms with Crippen molar-refractivity contribution >= 4 is 12.0 Å². The van der Waals surface area contributed by atoms with E-state index in [0.717, 1.165) is 31.6 Å². The van der Waals surface area contributed by atoms with Crippen LogP contribution >= 0.6 is 0 Å². The lowest BCUT2D eigenvalue weighted by Crippen LogP contribution is -2.00. The quantitative estimate of drug-likeness (QED) is 0.548. The van der Waals surface area contributed by atoms with E-state index < -0.39 is 0 Å². The molecule has 0 heterocycles. The van der Waals surface area contributed by atoms with E-state index in [1.807, 2.05) is 18.2 Å². The first kappa shape index (κ1) is 14.5. The van der Waals surface area contributed by atoms with E-state index in [1.54, 1.807) is 12.1 Å². The summed E-state index contributed by atoms with van der Waals surface area (Å²) < 4.78 is 10.0. The van der Waals surface area contributed by atoms with Crippen molar-refractivity contribution in [3.05, 3.63) is 41.5 Å². The third kappa shape index (κ3) is 5.15. The lowest BCUT2D eigenvalue weighted by atomic mass is 10.1. The summed E-state index contributed by atoms with van der Waals surface area (Å²) >= 11 is 0. The summed E-state index contributed by atoms with van der Waals surface area (Å²) in [5, 5.41) is 0. The lowest BCUT2D eigenvalue weighted by Gasteiger charge is -2.00. The SMILES string of the molecule is CCCOCC/C=C/c1ccc(C(=O)OC)cc1. The maximum absolute atomic E-state index is 11.2. The normalized spacial score (nSPS) is 10.8. The molecule has 98 valence electrons. The molecular weight excluding hydrogens is 228 g/mol. The Hall–Kier alpha value is -1.61. The molecule has 1 aromatic rings. The van der Waals surface area contributed by atoms with E-state index >= 15 is 0 Å². The first-order valence-electron chi connectivity index (χ1n) is 6.20. The zero-order chi connectivity index (χ0) is 13.2. The van der Waals surface area contributed by atoms with Gasteiger partial charge in [0, 0.05) is 6.61 Å². The first-order chi connectivity index (χ1) is 8.77. The predicted octanol–water partition coefficient (Wildman–Crippen LogP) is 3.30. The third-order valence-electron chi connectivity index (χ3n) is 2.42. The van der Waals surface area contributed by atoms with Gasteiger partial charge in [-0.15, -0.1) is 0 Å². The molecule has 0 saturated carbocycles. The number of methoxy groups -OCH3 is 1. The monoisotopic (exact) mass is 248 g/mol. The molecule has 3 nitrogen and oxygen atoms in total. The Bertz CT molecular complexity index is 379. The topological polar surface area (TPSA) is 35.5 Å². The molecule has 0 radical (unpaired) electrons. The van der Waals surface area contributed by atoms with Crippen LogP contribution in [0.2, 0.25) is 0 Å². The van der Waals surface area contributed by atoms with Crippen molar-refractivity contribution < 1.29 is 14.3 Å². The molecular formula is C15H20O3. The summed E-state index contributed by atoms with van der Waals surface area (Å²) in [4.78, 5) is 11.2. The van der Waals surface area contributed by atoms with E-state index in [2.05, 4.69) is 17.7 Å². The van der Waals surface area contributed by atoms with Gasteiger partial charge in [0.2, 0.25) is 0 Å². The minimum atomic E-state index is -0.307. The largest absolute Gasteiger partial charge is 0.465 e. The van der Waals surface area contributed by atoms with E-state index in [9.17, 15) is 4.79 Å². The number of carbonyl (C=O) groups is 1. The van der Waals surface area contributed by atoms with Crippen molar-refractivity contribution in [1.29, 1.82) is 0 Å². The van der Waals surface area contributed by atoms with Crippen LogP contribution in [0.15, 0.2) is 30.3 Å². The van der Waals surface area contributed by atoms with Crippen LogP contribution in [0.5, 0.6) is 0 Å². The van der Waals surface area contributed by atoms with Crippen LogP contribution in [0.3, 0.4) is 0 Å². The molecule has 0 aliphatic rings. The molecule has 0 saturated heterocycles. The highest BCUT2D eigenvalue weighted by Gasteiger charge is 2.02. The number of hydrogen-bond acceptors (Lipinski definition) is 3. The first-order valence-corrected chi connectivity index (χ1v) is 6.20. The van der Waals surface area contributed by atoms with Crippen LogP contribution in [0.25, 0.3) is 6.08 Å². The van der Waals surface area contributed by atoms with Gasteiger partial charge in [0.05, 0.1) is 19.3 Å². The Kier molecular flexibility index (Phi) is 6.81. The van der Waals surface area contributed by atoms with Gasteiger partial charge in [0.15, 0.2) is 0 Å². The number of benzene rings is 1. The lowest BCUT2D eigenvalue weighted by molar-refractivity contribution is 0.0600. The van der Waals surface area contributed by atoms with Crippen LogP contribution in [0.1, 0.15) is 35.7 Å². The third-order valence-corrected chi connectivity index (χ3v) is 2.42. The Morgan fingerprint density at radius 3 is 2.56 bits per heavy atom. The van der Waals surface area contributed by atoms with Gasteiger partial charge >= 0.3 is 5.97 Å². The van der Waals surface area contributed by atoms with E-state index in [1.165, 1.54) is 7.11 Å². The summed E-state index contributed by atoms with van der Waals surface area (Å²) in [6.45, 7) is 3.67. The number of carbonyl (C=O) groups excluding carboxylic acids is 1. The molecule has 0 aromatic heterocycles. The summed E-state index contributed by atoms with van der Waals surface area (Å²) in [5.41, 5.74) is 1.64. The summed E-state index contributed by atoms with van der Waals surface area (Å²) in [7, 11) is 1.38. The van der Waals surface area contributed by atoms with Gasteiger partial charge in [-0.2, -0.15) is 0 Å². The second kappa shape index (κ2) is 8.48. The van der Waals surface area contributed by atoms with Gasteiger partial charge in [0.25, 0.3) is 0 Å². The average molecular weight is 248 g/mol. The summed E-state index contributed by atoms with van der Waals surface area (Å²) in [5.74, 6) is -0.307. The highest BCUT2D eigenvalue weighted by molar-refractivity contribution is 5.89. The maximum atomic E-state index is 11.2. The minimum absolute atomic E-state index is 0.307. The van der Waals surface area contributed by atoms with Gasteiger partial charge in [-0.3, -0.25) is 0 Å². The van der Waals surface area contributed by atoms with Gasteiger partial charge in [-0.1, -0.05) is 31.2 Å². The highest BCUT2D eigenvalue weighted by Crippen LogP contribution is 2.07. The zero-order valence-electron chi connectivity index (χ0n) is 11.0. The Morgan fingerprint density at radius 2 is 1.94 bits per heavy atom. The summed E-state index contributed by atoms with van der Waals surface area (Å²) in [6.07, 6.45) is 6.05. The molecule has 0 bridgehead atoms. The maximum Gasteiger partial charge on any atom is 0.337 e. The van der Waals surface area contributed by atoms with Crippen LogP contribution in [-0.2, 0) is 9.47 Å². The van der Waals surface area contributed by atoms with Crippen LogP contribution < -0.4 is 0 Å². The molecule has 0 aliphatic carbocycles. The Balaban J connectivity index is 2.38. The standard InChI is InChI=1S/C15H20O3/c1-3-11-18-12-5-4-6-13-7-9-14(10-8-13)15(16)17-2/h4,6-10H,3,5,11-12H2,1-2H3/b6-4+. The van der Waals surface area contributed by atoms with Crippen LogP contribution in [-0.4, -0.2) is 26.3 Å². The van der Waals surface area contributed by atoms with Crippen molar-refractivity contribution in [1.82, 2.24) is 0 Å². The number of esters is 1. The summed E-state index contributed by atoms with van der Waals surface area (Å²) in [6, 6.07) is 7.32. The van der Waals surface area contributed by atoms with Crippen molar-refractivity contribution in [2.24, 2.45) is 0 Å². The molecule has 0 amide bonds. The minimum Gasteiger partial charge on any atom is -0.465 e. The fourth-order valence-corrected chi connectivity index (χ4v) is 1.47. The average Bonchev–Trinajstić information content (AvgIpc) is 2.42. The zero-order valence-corrected chi connectivity index (χ0v) is 11.0. The Labute approximate surface area is 108 Å². The molecule has 1 aromatic carbocycles. The van der Waals surface area contributed by atoms with E-state index in [0.29, 0.717) is 5.56 Å². The molecule has 0 unspecified atom stereocenters. The van der Waals surface area contributed by atoms with Gasteiger partial charge in [0.1, 0.15) is 0 Å². The van der Waals surface area contributed by atoms with Crippen LogP contribution in [0.4, 0.5) is 0 Å². The Morgan fingerprint density at radius 1 is 1.22 bits per heavy atom. The van der Waals surface area contributed by atoms with Crippen molar-refractivity contribution in [3.8, 4) is 0 Å². The molecule has 0 N–H and O–H groups in total. The van der Waals surface area contributed by atoms with Crippen molar-refractivity contribution in [3.63, 3.8) is 0 Å². The van der Waals surface area contributed by atoms with Crippen molar-refractivity contribution in [2.75, 3.05) is 20.3 Å². The number of rotatable bonds is 7. The van der Waals surface area contributed by atoms with E-state index in [-0.39, 0.29) is 5.97 Å². The second-order valence-electron chi connectivity index (χ2n) is 3.92. The molecule has 1 rings (SSSR count). The molecule has 0 fully saturated rings. The second-order valence-corrected chi connectivity index (χ2v) is 3.92. The number of ether oxygens (including phenoxy) is 2. The highest BCUT2D eigenvalue weighted by atomic mass is 16.5. The van der Waals surface area contributed by atoms with E-state index in [4.69, 9.17) is 4.74 Å². The fourth-order valence-electron chi connectivity index (χ4n) is 1.47. The van der Waals surface area contributed by atoms with Gasteiger partial charge in [-0.05, 0) is 30.5 Å². The smallest absolute Gasteiger partial charge is 0.337 e. The number of hydrogen-bond donors (Lipinski definition) is 0. The van der Waals surface area contributed by atoms with Crippen LogP contribution in [0, 0.1) is 0 Å². The molecule has 3 heteroatoms. The molecule has 18 heavy (non-hydrogen) atoms.